The fourth-order valence-electron chi connectivity index (χ4n) is 1.57. The van der Waals surface area contributed by atoms with Crippen LogP contribution >= 0.6 is 0 Å². The van der Waals surface area contributed by atoms with Crippen molar-refractivity contribution < 1.29 is 9.53 Å². The summed E-state index contributed by atoms with van der Waals surface area (Å²) in [6, 6.07) is 5.93. The van der Waals surface area contributed by atoms with Crippen molar-refractivity contribution in [1.29, 1.82) is 0 Å². The van der Waals surface area contributed by atoms with Crippen LogP contribution in [0, 0.1) is 6.92 Å². The van der Waals surface area contributed by atoms with E-state index in [1.165, 1.54) is 0 Å². The van der Waals surface area contributed by atoms with Gasteiger partial charge in [-0.25, -0.2) is 0 Å². The number of rotatable bonds is 6. The smallest absolute Gasteiger partial charge is 0.160 e. The third-order valence-electron chi connectivity index (χ3n) is 2.54. The average molecular weight is 220 g/mol. The first kappa shape index (κ1) is 12.9. The zero-order valence-electron chi connectivity index (χ0n) is 10.4. The summed E-state index contributed by atoms with van der Waals surface area (Å²) in [6.07, 6.45) is 2.20. The highest BCUT2D eigenvalue weighted by Crippen LogP contribution is 2.14. The minimum Gasteiger partial charge on any atom is -0.377 e. The van der Waals surface area contributed by atoms with Crippen LogP contribution in [-0.2, 0) is 11.3 Å². The van der Waals surface area contributed by atoms with Crippen LogP contribution in [0.5, 0.6) is 0 Å². The van der Waals surface area contributed by atoms with Crippen molar-refractivity contribution in [1.82, 2.24) is 0 Å². The molecule has 0 aliphatic rings. The van der Waals surface area contributed by atoms with Gasteiger partial charge >= 0.3 is 0 Å². The monoisotopic (exact) mass is 220 g/mol. The Morgan fingerprint density at radius 1 is 1.38 bits per heavy atom. The van der Waals surface area contributed by atoms with Gasteiger partial charge in [-0.3, -0.25) is 4.79 Å². The van der Waals surface area contributed by atoms with Gasteiger partial charge in [-0.05, 0) is 31.9 Å². The summed E-state index contributed by atoms with van der Waals surface area (Å²) >= 11 is 0. The average Bonchev–Trinajstić information content (AvgIpc) is 2.26. The molecule has 0 amide bonds. The molecule has 0 saturated heterocycles. The van der Waals surface area contributed by atoms with Gasteiger partial charge in [0.15, 0.2) is 5.78 Å². The Morgan fingerprint density at radius 2 is 2.12 bits per heavy atom. The molecule has 0 heterocycles. The van der Waals surface area contributed by atoms with Crippen molar-refractivity contribution in [2.75, 3.05) is 6.61 Å². The third kappa shape index (κ3) is 3.78. The summed E-state index contributed by atoms with van der Waals surface area (Å²) in [6.45, 7) is 7.03. The normalized spacial score (nSPS) is 10.4. The van der Waals surface area contributed by atoms with Gasteiger partial charge in [-0.1, -0.05) is 31.0 Å². The lowest BCUT2D eigenvalue weighted by molar-refractivity contribution is 0.0994. The minimum absolute atomic E-state index is 0.109. The molecule has 1 aromatic carbocycles. The lowest BCUT2D eigenvalue weighted by atomic mass is 10.0. The van der Waals surface area contributed by atoms with E-state index in [9.17, 15) is 4.79 Å². The largest absolute Gasteiger partial charge is 0.377 e. The van der Waals surface area contributed by atoms with Gasteiger partial charge in [-0.2, -0.15) is 0 Å². The second kappa shape index (κ2) is 6.44. The molecule has 0 aromatic heterocycles. The number of unbranched alkanes of at least 4 members (excludes halogenated alkanes) is 1. The molecule has 0 spiro atoms. The molecule has 16 heavy (non-hydrogen) atoms. The first-order valence-corrected chi connectivity index (χ1v) is 5.83. The highest BCUT2D eigenvalue weighted by atomic mass is 16.5. The van der Waals surface area contributed by atoms with Crippen LogP contribution in [0.4, 0.5) is 0 Å². The molecule has 0 aliphatic carbocycles. The molecule has 0 radical (unpaired) electrons. The number of hydrogen-bond acceptors (Lipinski definition) is 2. The number of ether oxygens (including phenoxy) is 1. The predicted octanol–water partition coefficient (Wildman–Crippen LogP) is 3.51. The maximum Gasteiger partial charge on any atom is 0.160 e. The van der Waals surface area contributed by atoms with E-state index < -0.39 is 0 Å². The van der Waals surface area contributed by atoms with E-state index in [4.69, 9.17) is 4.74 Å². The van der Waals surface area contributed by atoms with E-state index in [2.05, 4.69) is 6.92 Å². The van der Waals surface area contributed by atoms with Gasteiger partial charge in [0.1, 0.15) is 0 Å². The van der Waals surface area contributed by atoms with E-state index >= 15 is 0 Å². The number of ketones is 1. The summed E-state index contributed by atoms with van der Waals surface area (Å²) in [7, 11) is 0. The molecule has 0 unspecified atom stereocenters. The van der Waals surface area contributed by atoms with Gasteiger partial charge in [0.2, 0.25) is 0 Å². The van der Waals surface area contributed by atoms with Crippen LogP contribution in [0.1, 0.15) is 48.2 Å². The van der Waals surface area contributed by atoms with Gasteiger partial charge in [-0.15, -0.1) is 0 Å². The third-order valence-corrected chi connectivity index (χ3v) is 2.54. The molecule has 0 N–H and O–H groups in total. The Balaban J connectivity index is 2.67. The van der Waals surface area contributed by atoms with Crippen LogP contribution in [0.3, 0.4) is 0 Å². The Morgan fingerprint density at radius 3 is 2.75 bits per heavy atom. The Labute approximate surface area is 97.6 Å². The molecular weight excluding hydrogens is 200 g/mol. The van der Waals surface area contributed by atoms with Crippen LogP contribution in [0.15, 0.2) is 18.2 Å². The second-order valence-electron chi connectivity index (χ2n) is 4.12. The molecule has 88 valence electrons. The van der Waals surface area contributed by atoms with E-state index in [0.717, 1.165) is 36.1 Å². The van der Waals surface area contributed by atoms with E-state index in [1.54, 1.807) is 6.92 Å². The molecule has 2 heteroatoms. The number of Topliss-reactive ketones (excluding diaryl/α,β-unsaturated/α-hetero) is 1. The quantitative estimate of drug-likeness (QED) is 0.541. The van der Waals surface area contributed by atoms with E-state index in [1.807, 2.05) is 25.1 Å². The molecule has 0 aliphatic heterocycles. The Kier molecular flexibility index (Phi) is 5.20. The molecule has 2 nitrogen and oxygen atoms in total. The van der Waals surface area contributed by atoms with Crippen molar-refractivity contribution in [2.45, 2.75) is 40.2 Å². The van der Waals surface area contributed by atoms with Gasteiger partial charge in [0, 0.05) is 12.2 Å². The second-order valence-corrected chi connectivity index (χ2v) is 4.12. The highest BCUT2D eigenvalue weighted by Gasteiger charge is 2.07. The zero-order chi connectivity index (χ0) is 12.0. The number of hydrogen-bond donors (Lipinski definition) is 0. The van der Waals surface area contributed by atoms with Gasteiger partial charge < -0.3 is 4.74 Å². The van der Waals surface area contributed by atoms with Crippen molar-refractivity contribution >= 4 is 5.78 Å². The first-order valence-electron chi connectivity index (χ1n) is 5.83. The summed E-state index contributed by atoms with van der Waals surface area (Å²) in [5.74, 6) is 0.109. The van der Waals surface area contributed by atoms with Crippen LogP contribution in [0.25, 0.3) is 0 Å². The summed E-state index contributed by atoms with van der Waals surface area (Å²) in [5, 5.41) is 0. The van der Waals surface area contributed by atoms with Crippen molar-refractivity contribution in [3.63, 3.8) is 0 Å². The van der Waals surface area contributed by atoms with E-state index in [-0.39, 0.29) is 5.78 Å². The number of carbonyl (C=O) groups is 1. The number of benzene rings is 1. The van der Waals surface area contributed by atoms with Crippen LogP contribution < -0.4 is 0 Å². The molecule has 0 atom stereocenters. The molecule has 1 aromatic rings. The fraction of sp³-hybridized carbons (Fsp3) is 0.500. The highest BCUT2D eigenvalue weighted by molar-refractivity contribution is 5.95. The van der Waals surface area contributed by atoms with Gasteiger partial charge in [0.05, 0.1) is 6.61 Å². The SMILES string of the molecule is CCCCOCc1ccc(C)cc1C(C)=O. The van der Waals surface area contributed by atoms with Crippen molar-refractivity contribution in [3.05, 3.63) is 34.9 Å². The summed E-state index contributed by atoms with van der Waals surface area (Å²) in [4.78, 5) is 11.5. The number of carbonyl (C=O) groups excluding carboxylic acids is 1. The van der Waals surface area contributed by atoms with Gasteiger partial charge in [0.25, 0.3) is 0 Å². The molecule has 0 saturated carbocycles. The topological polar surface area (TPSA) is 26.3 Å². The van der Waals surface area contributed by atoms with Crippen molar-refractivity contribution in [2.24, 2.45) is 0 Å². The molecular formula is C14H20O2. The molecule has 0 fully saturated rings. The lowest BCUT2D eigenvalue weighted by Crippen LogP contribution is -2.03. The fourth-order valence-corrected chi connectivity index (χ4v) is 1.57. The summed E-state index contributed by atoms with van der Waals surface area (Å²) < 4.78 is 5.54. The molecule has 1 rings (SSSR count). The zero-order valence-corrected chi connectivity index (χ0v) is 10.4. The van der Waals surface area contributed by atoms with E-state index in [0.29, 0.717) is 6.61 Å². The van der Waals surface area contributed by atoms with Crippen LogP contribution in [-0.4, -0.2) is 12.4 Å². The maximum atomic E-state index is 11.5. The summed E-state index contributed by atoms with van der Waals surface area (Å²) in [5.41, 5.74) is 2.90. The van der Waals surface area contributed by atoms with Crippen molar-refractivity contribution in [3.8, 4) is 0 Å². The predicted molar refractivity (Wildman–Crippen MR) is 65.7 cm³/mol. The Hall–Kier alpha value is -1.15. The molecule has 0 bridgehead atoms. The maximum absolute atomic E-state index is 11.5. The first-order chi connectivity index (χ1) is 7.65. The standard InChI is InChI=1S/C14H20O2/c1-4-5-8-16-10-13-7-6-11(2)9-14(13)12(3)15/h6-7,9H,4-5,8,10H2,1-3H3. The lowest BCUT2D eigenvalue weighted by Gasteiger charge is -2.08. The number of aryl methyl sites for hydroxylation is 1. The van der Waals surface area contributed by atoms with Crippen LogP contribution in [0.2, 0.25) is 0 Å². The minimum atomic E-state index is 0.109. The Bertz CT molecular complexity index is 356.